The fraction of sp³-hybridized carbons (Fsp3) is 0.333. The lowest BCUT2D eigenvalue weighted by Gasteiger charge is -2.13. The summed E-state index contributed by atoms with van der Waals surface area (Å²) >= 11 is 0. The average molecular weight is 205 g/mol. The Bertz CT molecular complexity index is 311. The molecule has 2 nitrogen and oxygen atoms in total. The lowest BCUT2D eigenvalue weighted by Crippen LogP contribution is -2.13. The van der Waals surface area contributed by atoms with Gasteiger partial charge in [0.05, 0.1) is 12.5 Å². The highest BCUT2D eigenvalue weighted by Crippen LogP contribution is 2.29. The van der Waals surface area contributed by atoms with Gasteiger partial charge in [0.1, 0.15) is 0 Å². The summed E-state index contributed by atoms with van der Waals surface area (Å²) in [6, 6.07) is 5.79. The number of hydrogen-bond acceptors (Lipinski definition) is 2. The van der Waals surface area contributed by atoms with Crippen molar-refractivity contribution in [1.29, 1.82) is 0 Å². The maximum atomic E-state index is 11.9. The Morgan fingerprint density at radius 2 is 2.00 bits per heavy atom. The molecule has 0 radical (unpaired) electrons. The summed E-state index contributed by atoms with van der Waals surface area (Å²) in [5.41, 5.74) is 5.89. The third kappa shape index (κ3) is 3.26. The molecule has 14 heavy (non-hydrogen) atoms. The zero-order valence-corrected chi connectivity index (χ0v) is 7.25. The van der Waals surface area contributed by atoms with Crippen LogP contribution in [-0.4, -0.2) is 11.3 Å². The molecule has 3 N–H and O–H groups in total. The molecule has 1 aromatic carbocycles. The number of alkyl halides is 3. The second kappa shape index (κ2) is 3.88. The van der Waals surface area contributed by atoms with E-state index in [0.717, 1.165) is 0 Å². The summed E-state index contributed by atoms with van der Waals surface area (Å²) in [4.78, 5) is 0. The SMILES string of the molecule is Nc1cccc(C(O)CC(F)(F)F)c1. The fourth-order valence-corrected chi connectivity index (χ4v) is 1.10. The highest BCUT2D eigenvalue weighted by Gasteiger charge is 2.31. The standard InChI is InChI=1S/C9H10F3NO/c10-9(11,12)5-8(14)6-2-1-3-7(13)4-6/h1-4,8,14H,5,13H2. The maximum absolute atomic E-state index is 11.9. The first-order chi connectivity index (χ1) is 6.38. The van der Waals surface area contributed by atoms with Crippen LogP contribution in [0.4, 0.5) is 18.9 Å². The van der Waals surface area contributed by atoms with Gasteiger partial charge in [-0.1, -0.05) is 12.1 Å². The van der Waals surface area contributed by atoms with Crippen LogP contribution in [0.2, 0.25) is 0 Å². The first-order valence-corrected chi connectivity index (χ1v) is 3.99. The van der Waals surface area contributed by atoms with E-state index in [2.05, 4.69) is 0 Å². The number of nitrogens with two attached hydrogens (primary N) is 1. The topological polar surface area (TPSA) is 46.2 Å². The molecular weight excluding hydrogens is 195 g/mol. The van der Waals surface area contributed by atoms with Gasteiger partial charge >= 0.3 is 6.18 Å². The number of aliphatic hydroxyl groups excluding tert-OH is 1. The molecule has 5 heteroatoms. The normalized spacial score (nSPS) is 14.0. The molecule has 78 valence electrons. The number of aliphatic hydroxyl groups is 1. The minimum Gasteiger partial charge on any atom is -0.399 e. The Labute approximate surface area is 79.2 Å². The average Bonchev–Trinajstić information content (AvgIpc) is 2.01. The lowest BCUT2D eigenvalue weighted by molar-refractivity contribution is -0.154. The van der Waals surface area contributed by atoms with Gasteiger partial charge in [0, 0.05) is 5.69 Å². The van der Waals surface area contributed by atoms with Gasteiger partial charge in [-0.25, -0.2) is 0 Å². The smallest absolute Gasteiger partial charge is 0.391 e. The molecule has 0 fully saturated rings. The quantitative estimate of drug-likeness (QED) is 0.727. The third-order valence-corrected chi connectivity index (χ3v) is 1.72. The molecule has 1 unspecified atom stereocenters. The maximum Gasteiger partial charge on any atom is 0.391 e. The van der Waals surface area contributed by atoms with Crippen LogP contribution < -0.4 is 5.73 Å². The van der Waals surface area contributed by atoms with Gasteiger partial charge in [-0.3, -0.25) is 0 Å². The van der Waals surface area contributed by atoms with Gasteiger partial charge in [0.25, 0.3) is 0 Å². The van der Waals surface area contributed by atoms with E-state index in [1.54, 1.807) is 6.07 Å². The largest absolute Gasteiger partial charge is 0.399 e. The monoisotopic (exact) mass is 205 g/mol. The molecule has 0 heterocycles. The van der Waals surface area contributed by atoms with Crippen molar-refractivity contribution in [2.45, 2.75) is 18.7 Å². The van der Waals surface area contributed by atoms with Crippen molar-refractivity contribution in [1.82, 2.24) is 0 Å². The fourth-order valence-electron chi connectivity index (χ4n) is 1.10. The second-order valence-corrected chi connectivity index (χ2v) is 3.01. The lowest BCUT2D eigenvalue weighted by atomic mass is 10.1. The van der Waals surface area contributed by atoms with Gasteiger partial charge in [-0.2, -0.15) is 13.2 Å². The van der Waals surface area contributed by atoms with Crippen LogP contribution in [0.5, 0.6) is 0 Å². The van der Waals surface area contributed by atoms with E-state index in [-0.39, 0.29) is 5.56 Å². The van der Waals surface area contributed by atoms with Crippen molar-refractivity contribution in [2.24, 2.45) is 0 Å². The minimum atomic E-state index is -4.37. The molecule has 1 aromatic rings. The third-order valence-electron chi connectivity index (χ3n) is 1.72. The van der Waals surface area contributed by atoms with Gasteiger partial charge in [0.2, 0.25) is 0 Å². The van der Waals surface area contributed by atoms with E-state index in [9.17, 15) is 18.3 Å². The number of nitrogen functional groups attached to an aromatic ring is 1. The Hall–Kier alpha value is -1.23. The Balaban J connectivity index is 2.74. The summed E-state index contributed by atoms with van der Waals surface area (Å²) in [6.07, 6.45) is -7.17. The summed E-state index contributed by atoms with van der Waals surface area (Å²) in [6.45, 7) is 0. The molecule has 0 aliphatic carbocycles. The number of halogens is 3. The van der Waals surface area contributed by atoms with Gasteiger partial charge in [-0.15, -0.1) is 0 Å². The van der Waals surface area contributed by atoms with Crippen LogP contribution in [-0.2, 0) is 0 Å². The molecule has 0 spiro atoms. The van der Waals surface area contributed by atoms with Gasteiger partial charge in [0.15, 0.2) is 0 Å². The molecular formula is C9H10F3NO. The summed E-state index contributed by atoms with van der Waals surface area (Å²) < 4.78 is 35.7. The van der Waals surface area contributed by atoms with Crippen molar-refractivity contribution in [3.05, 3.63) is 29.8 Å². The van der Waals surface area contributed by atoms with Crippen LogP contribution in [0, 0.1) is 0 Å². The Morgan fingerprint density at radius 1 is 1.36 bits per heavy atom. The number of benzene rings is 1. The van der Waals surface area contributed by atoms with Crippen LogP contribution in [0.25, 0.3) is 0 Å². The summed E-state index contributed by atoms with van der Waals surface area (Å²) in [5, 5.41) is 9.21. The van der Waals surface area contributed by atoms with Gasteiger partial charge in [-0.05, 0) is 17.7 Å². The second-order valence-electron chi connectivity index (χ2n) is 3.01. The molecule has 0 aliphatic rings. The van der Waals surface area contributed by atoms with Crippen LogP contribution in [0.15, 0.2) is 24.3 Å². The molecule has 0 bridgehead atoms. The summed E-state index contributed by atoms with van der Waals surface area (Å²) in [7, 11) is 0. The van der Waals surface area contributed by atoms with Crippen molar-refractivity contribution in [3.63, 3.8) is 0 Å². The van der Waals surface area contributed by atoms with Crippen LogP contribution >= 0.6 is 0 Å². The predicted octanol–water partition coefficient (Wildman–Crippen LogP) is 2.25. The van der Waals surface area contributed by atoms with Crippen molar-refractivity contribution >= 4 is 5.69 Å². The first-order valence-electron chi connectivity index (χ1n) is 3.99. The van der Waals surface area contributed by atoms with Crippen molar-refractivity contribution in [2.75, 3.05) is 5.73 Å². The van der Waals surface area contributed by atoms with Crippen molar-refractivity contribution < 1.29 is 18.3 Å². The molecule has 0 aromatic heterocycles. The number of rotatable bonds is 2. The number of hydrogen-bond donors (Lipinski definition) is 2. The predicted molar refractivity (Wildman–Crippen MR) is 46.5 cm³/mol. The van der Waals surface area contributed by atoms with E-state index in [0.29, 0.717) is 5.69 Å². The van der Waals surface area contributed by atoms with E-state index in [1.807, 2.05) is 0 Å². The molecule has 0 amide bonds. The highest BCUT2D eigenvalue weighted by atomic mass is 19.4. The molecule has 0 aliphatic heterocycles. The van der Waals surface area contributed by atoms with Crippen LogP contribution in [0.1, 0.15) is 18.1 Å². The highest BCUT2D eigenvalue weighted by molar-refractivity contribution is 5.41. The molecule has 0 saturated heterocycles. The molecule has 1 rings (SSSR count). The zero-order chi connectivity index (χ0) is 10.8. The van der Waals surface area contributed by atoms with Gasteiger partial charge < -0.3 is 10.8 Å². The number of anilines is 1. The summed E-state index contributed by atoms with van der Waals surface area (Å²) in [5.74, 6) is 0. The van der Waals surface area contributed by atoms with E-state index >= 15 is 0 Å². The first kappa shape index (κ1) is 10.8. The zero-order valence-electron chi connectivity index (χ0n) is 7.25. The van der Waals surface area contributed by atoms with E-state index in [1.165, 1.54) is 18.2 Å². The Morgan fingerprint density at radius 3 is 2.50 bits per heavy atom. The minimum absolute atomic E-state index is 0.183. The molecule has 0 saturated carbocycles. The molecule has 1 atom stereocenters. The van der Waals surface area contributed by atoms with Crippen molar-refractivity contribution in [3.8, 4) is 0 Å². The van der Waals surface area contributed by atoms with E-state index in [4.69, 9.17) is 5.73 Å². The van der Waals surface area contributed by atoms with E-state index < -0.39 is 18.7 Å². The Kier molecular flexibility index (Phi) is 3.00. The van der Waals surface area contributed by atoms with Crippen LogP contribution in [0.3, 0.4) is 0 Å².